The van der Waals surface area contributed by atoms with Gasteiger partial charge >= 0.3 is 0 Å². The molecule has 35 heavy (non-hydrogen) atoms. The van der Waals surface area contributed by atoms with E-state index in [0.29, 0.717) is 5.92 Å². The third-order valence-electron chi connectivity index (χ3n) is 7.38. The van der Waals surface area contributed by atoms with Crippen LogP contribution in [0.2, 0.25) is 0 Å². The first-order valence-electron chi connectivity index (χ1n) is 12.3. The first kappa shape index (κ1) is 22.1. The van der Waals surface area contributed by atoms with Crippen LogP contribution in [0, 0.1) is 27.7 Å². The van der Waals surface area contributed by atoms with Gasteiger partial charge in [-0.05, 0) is 85.7 Å². The summed E-state index contributed by atoms with van der Waals surface area (Å²) < 4.78 is 7.95. The monoisotopic (exact) mass is 475 g/mol. The number of furan rings is 1. The van der Waals surface area contributed by atoms with Crippen molar-refractivity contribution in [3.8, 4) is 22.4 Å². The van der Waals surface area contributed by atoms with Crippen LogP contribution in [0.5, 0.6) is 0 Å². The van der Waals surface area contributed by atoms with Crippen molar-refractivity contribution < 1.29 is 4.42 Å². The van der Waals surface area contributed by atoms with Crippen LogP contribution in [0.1, 0.15) is 46.9 Å². The third-order valence-corrected chi connectivity index (χ3v) is 8.55. The highest BCUT2D eigenvalue weighted by molar-refractivity contribution is 7.19. The standard InChI is InChI=1S/C32H29NOS/c1-17(2)25-15-27(33-16-26(25)29-18(3)9-7-10-19(29)4)24-12-8-11-22-23-13-14-28-30(20(5)21(6)35-28)32(23)34-31(22)24/h7-17H,1-6H3. The Hall–Kier alpha value is -3.43. The number of para-hydroxylation sites is 1. The number of aryl methyl sites for hydroxylation is 4. The average molecular weight is 476 g/mol. The van der Waals surface area contributed by atoms with Crippen molar-refractivity contribution in [1.29, 1.82) is 0 Å². The van der Waals surface area contributed by atoms with Crippen LogP contribution >= 0.6 is 11.3 Å². The molecule has 0 atom stereocenters. The Bertz CT molecular complexity index is 1750. The van der Waals surface area contributed by atoms with Gasteiger partial charge in [0.15, 0.2) is 0 Å². The summed E-state index contributed by atoms with van der Waals surface area (Å²) in [4.78, 5) is 6.34. The highest BCUT2D eigenvalue weighted by Gasteiger charge is 2.20. The molecule has 0 bridgehead atoms. The molecule has 0 aliphatic carbocycles. The fourth-order valence-electron chi connectivity index (χ4n) is 5.45. The van der Waals surface area contributed by atoms with Crippen molar-refractivity contribution in [2.75, 3.05) is 0 Å². The van der Waals surface area contributed by atoms with Gasteiger partial charge in [-0.3, -0.25) is 4.98 Å². The molecule has 0 unspecified atom stereocenters. The summed E-state index contributed by atoms with van der Waals surface area (Å²) >= 11 is 1.84. The normalized spacial score (nSPS) is 12.0. The van der Waals surface area contributed by atoms with Crippen LogP contribution in [-0.2, 0) is 0 Å². The highest BCUT2D eigenvalue weighted by Crippen LogP contribution is 2.43. The molecule has 2 nitrogen and oxygen atoms in total. The van der Waals surface area contributed by atoms with Gasteiger partial charge in [-0.25, -0.2) is 0 Å². The SMILES string of the molecule is Cc1cccc(C)c1-c1cnc(-c2cccc3c2oc2c3ccc3sc(C)c(C)c32)cc1C(C)C. The Labute approximate surface area is 210 Å². The van der Waals surface area contributed by atoms with Crippen LogP contribution in [-0.4, -0.2) is 4.98 Å². The van der Waals surface area contributed by atoms with Crippen LogP contribution in [0.25, 0.3) is 54.4 Å². The smallest absolute Gasteiger partial charge is 0.144 e. The molecule has 3 heteroatoms. The molecule has 0 aliphatic heterocycles. The summed E-state index contributed by atoms with van der Waals surface area (Å²) in [6, 6.07) is 19.6. The summed E-state index contributed by atoms with van der Waals surface area (Å²) in [5, 5.41) is 3.56. The Balaban J connectivity index is 1.61. The minimum Gasteiger partial charge on any atom is -0.455 e. The lowest BCUT2D eigenvalue weighted by Gasteiger charge is -2.18. The van der Waals surface area contributed by atoms with E-state index < -0.39 is 0 Å². The van der Waals surface area contributed by atoms with Crippen molar-refractivity contribution in [2.45, 2.75) is 47.5 Å². The lowest BCUT2D eigenvalue weighted by atomic mass is 9.88. The number of benzene rings is 3. The van der Waals surface area contributed by atoms with E-state index in [9.17, 15) is 0 Å². The molecule has 0 saturated carbocycles. The van der Waals surface area contributed by atoms with Gasteiger partial charge in [0.25, 0.3) is 0 Å². The maximum absolute atomic E-state index is 6.67. The molecular weight excluding hydrogens is 446 g/mol. The Morgan fingerprint density at radius 2 is 1.51 bits per heavy atom. The number of thiophene rings is 1. The largest absolute Gasteiger partial charge is 0.455 e. The molecule has 0 radical (unpaired) electrons. The molecule has 0 saturated heterocycles. The van der Waals surface area contributed by atoms with Crippen molar-refractivity contribution in [2.24, 2.45) is 0 Å². The maximum Gasteiger partial charge on any atom is 0.144 e. The molecule has 0 aliphatic rings. The van der Waals surface area contributed by atoms with E-state index in [4.69, 9.17) is 9.40 Å². The number of pyridine rings is 1. The van der Waals surface area contributed by atoms with Crippen LogP contribution in [0.15, 0.2) is 65.2 Å². The Morgan fingerprint density at radius 1 is 0.800 bits per heavy atom. The van der Waals surface area contributed by atoms with Crippen molar-refractivity contribution in [1.82, 2.24) is 4.98 Å². The average Bonchev–Trinajstić information content (AvgIpc) is 3.35. The quantitative estimate of drug-likeness (QED) is 0.254. The van der Waals surface area contributed by atoms with E-state index in [1.54, 1.807) is 0 Å². The molecular formula is C32H29NOS. The summed E-state index contributed by atoms with van der Waals surface area (Å²) in [6.07, 6.45) is 2.06. The lowest BCUT2D eigenvalue weighted by Crippen LogP contribution is -1.99. The molecule has 3 aromatic carbocycles. The van der Waals surface area contributed by atoms with Crippen LogP contribution in [0.4, 0.5) is 0 Å². The molecule has 0 spiro atoms. The molecule has 3 heterocycles. The second kappa shape index (κ2) is 8.07. The lowest BCUT2D eigenvalue weighted by molar-refractivity contribution is 0.673. The Kier molecular flexibility index (Phi) is 5.08. The second-order valence-corrected chi connectivity index (χ2v) is 11.2. The number of nitrogens with zero attached hydrogens (tertiary/aromatic N) is 1. The Morgan fingerprint density at radius 3 is 2.26 bits per heavy atom. The van der Waals surface area contributed by atoms with E-state index >= 15 is 0 Å². The van der Waals surface area contributed by atoms with E-state index in [-0.39, 0.29) is 0 Å². The van der Waals surface area contributed by atoms with E-state index in [2.05, 4.69) is 102 Å². The van der Waals surface area contributed by atoms with Crippen molar-refractivity contribution in [3.63, 3.8) is 0 Å². The molecule has 6 rings (SSSR count). The van der Waals surface area contributed by atoms with Crippen molar-refractivity contribution in [3.05, 3.63) is 87.9 Å². The van der Waals surface area contributed by atoms with Gasteiger partial charge in [-0.1, -0.05) is 44.2 Å². The number of hydrogen-bond acceptors (Lipinski definition) is 3. The van der Waals surface area contributed by atoms with E-state index in [0.717, 1.165) is 27.8 Å². The van der Waals surface area contributed by atoms with E-state index in [1.165, 1.54) is 53.7 Å². The summed E-state index contributed by atoms with van der Waals surface area (Å²) in [5.41, 5.74) is 11.6. The molecule has 0 fully saturated rings. The van der Waals surface area contributed by atoms with Crippen LogP contribution in [0.3, 0.4) is 0 Å². The molecule has 6 aromatic rings. The zero-order chi connectivity index (χ0) is 24.4. The molecule has 3 aromatic heterocycles. The van der Waals surface area contributed by atoms with Gasteiger partial charge in [0, 0.05) is 43.1 Å². The summed E-state index contributed by atoms with van der Waals surface area (Å²) in [5.74, 6) is 0.372. The van der Waals surface area contributed by atoms with Crippen LogP contribution < -0.4 is 0 Å². The van der Waals surface area contributed by atoms with Gasteiger partial charge in [0.05, 0.1) is 5.69 Å². The fourth-order valence-corrected chi connectivity index (χ4v) is 6.52. The van der Waals surface area contributed by atoms with E-state index in [1.807, 2.05) is 11.3 Å². The zero-order valence-corrected chi connectivity index (χ0v) is 21.9. The maximum atomic E-state index is 6.67. The predicted molar refractivity (Wildman–Crippen MR) is 151 cm³/mol. The summed E-state index contributed by atoms with van der Waals surface area (Å²) in [7, 11) is 0. The van der Waals surface area contributed by atoms with Gasteiger partial charge in [-0.2, -0.15) is 0 Å². The van der Waals surface area contributed by atoms with Gasteiger partial charge < -0.3 is 4.42 Å². The molecule has 0 N–H and O–H groups in total. The van der Waals surface area contributed by atoms with Gasteiger partial charge in [0.1, 0.15) is 11.2 Å². The number of hydrogen-bond donors (Lipinski definition) is 0. The molecule has 0 amide bonds. The van der Waals surface area contributed by atoms with Gasteiger partial charge in [0.2, 0.25) is 0 Å². The second-order valence-electron chi connectivity index (χ2n) is 9.96. The number of aromatic nitrogens is 1. The number of fused-ring (bicyclic) bond motifs is 5. The highest BCUT2D eigenvalue weighted by atomic mass is 32.1. The third kappa shape index (κ3) is 3.33. The number of rotatable bonds is 3. The predicted octanol–water partition coefficient (Wildman–Crippen LogP) is 9.89. The zero-order valence-electron chi connectivity index (χ0n) is 21.1. The minimum atomic E-state index is 0.372. The fraction of sp³-hybridized carbons (Fsp3) is 0.219. The first-order valence-corrected chi connectivity index (χ1v) is 13.1. The van der Waals surface area contributed by atoms with Gasteiger partial charge in [-0.15, -0.1) is 11.3 Å². The van der Waals surface area contributed by atoms with Crippen molar-refractivity contribution >= 4 is 43.4 Å². The summed E-state index contributed by atoms with van der Waals surface area (Å²) in [6.45, 7) is 13.3. The first-order chi connectivity index (χ1) is 16.8. The topological polar surface area (TPSA) is 26.0 Å². The molecule has 174 valence electrons. The minimum absolute atomic E-state index is 0.372.